The molecule has 7 heteroatoms. The SMILES string of the molecule is Cc1ccc(OCC(=O)NC2CCN(S(C)(=O)=O)CC2)c(C(C)(C)C)c1. The lowest BCUT2D eigenvalue weighted by Gasteiger charge is -2.30. The average Bonchev–Trinajstić information content (AvgIpc) is 2.52. The maximum atomic E-state index is 12.2. The molecule has 1 aromatic carbocycles. The summed E-state index contributed by atoms with van der Waals surface area (Å²) in [6, 6.07) is 5.97. The summed E-state index contributed by atoms with van der Waals surface area (Å²) in [6.45, 7) is 9.22. The summed E-state index contributed by atoms with van der Waals surface area (Å²) < 4.78 is 30.3. The van der Waals surface area contributed by atoms with Crippen molar-refractivity contribution in [1.82, 2.24) is 9.62 Å². The van der Waals surface area contributed by atoms with Crippen molar-refractivity contribution in [1.29, 1.82) is 0 Å². The Morgan fingerprint density at radius 1 is 1.27 bits per heavy atom. The minimum absolute atomic E-state index is 0.01000. The van der Waals surface area contributed by atoms with E-state index < -0.39 is 10.0 Å². The smallest absolute Gasteiger partial charge is 0.258 e. The summed E-state index contributed by atoms with van der Waals surface area (Å²) in [5.74, 6) is 0.549. The van der Waals surface area contributed by atoms with E-state index in [-0.39, 0.29) is 24.0 Å². The first-order valence-electron chi connectivity index (χ1n) is 8.95. The Morgan fingerprint density at radius 3 is 2.42 bits per heavy atom. The van der Waals surface area contributed by atoms with Crippen LogP contribution in [0.15, 0.2) is 18.2 Å². The monoisotopic (exact) mass is 382 g/mol. The number of ether oxygens (including phenoxy) is 1. The lowest BCUT2D eigenvalue weighted by atomic mass is 9.85. The van der Waals surface area contributed by atoms with Crippen LogP contribution in [0.5, 0.6) is 5.75 Å². The number of carbonyl (C=O) groups excluding carboxylic acids is 1. The largest absolute Gasteiger partial charge is 0.483 e. The van der Waals surface area contributed by atoms with Crippen molar-refractivity contribution in [3.05, 3.63) is 29.3 Å². The molecule has 0 aliphatic carbocycles. The number of sulfonamides is 1. The number of nitrogens with zero attached hydrogens (tertiary/aromatic N) is 1. The quantitative estimate of drug-likeness (QED) is 0.847. The molecule has 1 saturated heterocycles. The topological polar surface area (TPSA) is 75.7 Å². The highest BCUT2D eigenvalue weighted by molar-refractivity contribution is 7.88. The van der Waals surface area contributed by atoms with Crippen LogP contribution in [-0.2, 0) is 20.2 Å². The van der Waals surface area contributed by atoms with Crippen LogP contribution >= 0.6 is 0 Å². The van der Waals surface area contributed by atoms with Gasteiger partial charge in [0.1, 0.15) is 5.75 Å². The number of rotatable bonds is 5. The summed E-state index contributed by atoms with van der Waals surface area (Å²) >= 11 is 0. The van der Waals surface area contributed by atoms with E-state index in [1.54, 1.807) is 0 Å². The summed E-state index contributed by atoms with van der Waals surface area (Å²) in [6.07, 6.45) is 2.46. The molecule has 1 N–H and O–H groups in total. The van der Waals surface area contributed by atoms with Gasteiger partial charge >= 0.3 is 0 Å². The average molecular weight is 383 g/mol. The molecule has 2 rings (SSSR count). The fourth-order valence-corrected chi connectivity index (χ4v) is 3.97. The van der Waals surface area contributed by atoms with E-state index in [4.69, 9.17) is 4.74 Å². The van der Waals surface area contributed by atoms with Crippen molar-refractivity contribution in [3.8, 4) is 5.75 Å². The third-order valence-electron chi connectivity index (χ3n) is 4.59. The molecule has 26 heavy (non-hydrogen) atoms. The Bertz CT molecular complexity index is 745. The van der Waals surface area contributed by atoms with Crippen LogP contribution in [0.3, 0.4) is 0 Å². The van der Waals surface area contributed by atoms with E-state index in [1.165, 1.54) is 10.6 Å². The molecule has 0 saturated carbocycles. The zero-order valence-electron chi connectivity index (χ0n) is 16.3. The summed E-state index contributed by atoms with van der Waals surface area (Å²) in [4.78, 5) is 12.2. The lowest BCUT2D eigenvalue weighted by molar-refractivity contribution is -0.124. The molecule has 0 atom stereocenters. The summed E-state index contributed by atoms with van der Waals surface area (Å²) in [7, 11) is -3.15. The van der Waals surface area contributed by atoms with Gasteiger partial charge in [0.2, 0.25) is 10.0 Å². The van der Waals surface area contributed by atoms with Gasteiger partial charge in [0.25, 0.3) is 5.91 Å². The van der Waals surface area contributed by atoms with Gasteiger partial charge in [-0.05, 0) is 36.8 Å². The molecule has 0 radical (unpaired) electrons. The van der Waals surface area contributed by atoms with Crippen LogP contribution < -0.4 is 10.1 Å². The zero-order valence-corrected chi connectivity index (χ0v) is 17.1. The van der Waals surface area contributed by atoms with Gasteiger partial charge in [0.05, 0.1) is 6.26 Å². The van der Waals surface area contributed by atoms with E-state index in [0.717, 1.165) is 16.9 Å². The minimum Gasteiger partial charge on any atom is -0.483 e. The van der Waals surface area contributed by atoms with E-state index in [0.29, 0.717) is 25.9 Å². The number of piperidine rings is 1. The Labute approximate surface area is 157 Å². The maximum Gasteiger partial charge on any atom is 0.258 e. The van der Waals surface area contributed by atoms with Crippen molar-refractivity contribution < 1.29 is 17.9 Å². The molecule has 1 aromatic rings. The molecule has 1 aliphatic rings. The van der Waals surface area contributed by atoms with Crippen LogP contribution in [0.2, 0.25) is 0 Å². The Hall–Kier alpha value is -1.60. The standard InChI is InChI=1S/C19H30N2O4S/c1-14-6-7-17(16(12-14)19(2,3)4)25-13-18(22)20-15-8-10-21(11-9-15)26(5,23)24/h6-7,12,15H,8-11,13H2,1-5H3,(H,20,22). The predicted octanol–water partition coefficient (Wildman–Crippen LogP) is 2.21. The van der Waals surface area contributed by atoms with Gasteiger partial charge in [-0.15, -0.1) is 0 Å². The fourth-order valence-electron chi connectivity index (χ4n) is 3.10. The number of carbonyl (C=O) groups is 1. The van der Waals surface area contributed by atoms with Gasteiger partial charge < -0.3 is 10.1 Å². The molecule has 0 aromatic heterocycles. The third-order valence-corrected chi connectivity index (χ3v) is 5.89. The first kappa shape index (κ1) is 20.7. The maximum absolute atomic E-state index is 12.2. The molecule has 1 heterocycles. The van der Waals surface area contributed by atoms with Crippen molar-refractivity contribution >= 4 is 15.9 Å². The van der Waals surface area contributed by atoms with Crippen molar-refractivity contribution in [2.45, 2.75) is 52.0 Å². The van der Waals surface area contributed by atoms with E-state index in [9.17, 15) is 13.2 Å². The second-order valence-corrected chi connectivity index (χ2v) is 10.0. The highest BCUT2D eigenvalue weighted by atomic mass is 32.2. The number of benzene rings is 1. The number of hydrogen-bond donors (Lipinski definition) is 1. The van der Waals surface area contributed by atoms with Gasteiger partial charge in [-0.1, -0.05) is 38.5 Å². The zero-order chi connectivity index (χ0) is 19.5. The molecule has 6 nitrogen and oxygen atoms in total. The molecule has 0 spiro atoms. The van der Waals surface area contributed by atoms with Crippen molar-refractivity contribution in [2.24, 2.45) is 0 Å². The summed E-state index contributed by atoms with van der Waals surface area (Å²) in [5.41, 5.74) is 2.16. The minimum atomic E-state index is -3.15. The molecular formula is C19H30N2O4S. The molecular weight excluding hydrogens is 352 g/mol. The van der Waals surface area contributed by atoms with Gasteiger partial charge in [0, 0.05) is 19.1 Å². The number of nitrogens with one attached hydrogen (secondary N) is 1. The van der Waals surface area contributed by atoms with Gasteiger partial charge in [-0.25, -0.2) is 12.7 Å². The van der Waals surface area contributed by atoms with Crippen LogP contribution in [0.25, 0.3) is 0 Å². The second kappa shape index (κ2) is 7.96. The molecule has 0 bridgehead atoms. The van der Waals surface area contributed by atoms with E-state index in [2.05, 4.69) is 32.2 Å². The highest BCUT2D eigenvalue weighted by Crippen LogP contribution is 2.32. The lowest BCUT2D eigenvalue weighted by Crippen LogP contribution is -2.47. The van der Waals surface area contributed by atoms with Crippen molar-refractivity contribution in [3.63, 3.8) is 0 Å². The Balaban J connectivity index is 1.89. The first-order valence-corrected chi connectivity index (χ1v) is 10.8. The van der Waals surface area contributed by atoms with Gasteiger partial charge in [-0.2, -0.15) is 0 Å². The number of aryl methyl sites for hydroxylation is 1. The summed E-state index contributed by atoms with van der Waals surface area (Å²) in [5, 5.41) is 2.95. The fraction of sp³-hybridized carbons (Fsp3) is 0.632. The molecule has 0 unspecified atom stereocenters. The van der Waals surface area contributed by atoms with Crippen LogP contribution in [-0.4, -0.2) is 50.6 Å². The predicted molar refractivity (Wildman–Crippen MR) is 103 cm³/mol. The van der Waals surface area contributed by atoms with Crippen LogP contribution in [0.4, 0.5) is 0 Å². The third kappa shape index (κ3) is 5.71. The van der Waals surface area contributed by atoms with Gasteiger partial charge in [-0.3, -0.25) is 4.79 Å². The highest BCUT2D eigenvalue weighted by Gasteiger charge is 2.26. The molecule has 1 aliphatic heterocycles. The van der Waals surface area contributed by atoms with E-state index >= 15 is 0 Å². The number of hydrogen-bond acceptors (Lipinski definition) is 4. The molecule has 1 fully saturated rings. The van der Waals surface area contributed by atoms with Crippen LogP contribution in [0, 0.1) is 6.92 Å². The van der Waals surface area contributed by atoms with Crippen molar-refractivity contribution in [2.75, 3.05) is 26.0 Å². The normalized spacial score (nSPS) is 17.1. The number of amides is 1. The van der Waals surface area contributed by atoms with Gasteiger partial charge in [0.15, 0.2) is 6.61 Å². The molecule has 146 valence electrons. The first-order chi connectivity index (χ1) is 12.0. The van der Waals surface area contributed by atoms with E-state index in [1.807, 2.05) is 19.1 Å². The van der Waals surface area contributed by atoms with Crippen LogP contribution in [0.1, 0.15) is 44.7 Å². The Morgan fingerprint density at radius 2 is 1.88 bits per heavy atom. The second-order valence-electron chi connectivity index (χ2n) is 8.04. The Kier molecular flexibility index (Phi) is 6.34. The molecule has 1 amide bonds.